The minimum atomic E-state index is 0.113. The molecule has 0 heterocycles. The number of hydrogen-bond donors (Lipinski definition) is 2. The van der Waals surface area contributed by atoms with E-state index in [1.165, 1.54) is 11.1 Å². The first kappa shape index (κ1) is 14.2. The molecule has 2 nitrogen and oxygen atoms in total. The number of benzene rings is 1. The normalized spacial score (nSPS) is 14.9. The van der Waals surface area contributed by atoms with Crippen molar-refractivity contribution in [3.8, 4) is 0 Å². The third-order valence-electron chi connectivity index (χ3n) is 3.11. The summed E-state index contributed by atoms with van der Waals surface area (Å²) in [4.78, 5) is 0. The van der Waals surface area contributed by atoms with E-state index in [4.69, 9.17) is 11.5 Å². The Bertz CT molecular complexity index is 316. The second kappa shape index (κ2) is 6.77. The maximum atomic E-state index is 6.17. The maximum Gasteiger partial charge on any atom is 0.0297 e. The van der Waals surface area contributed by atoms with Crippen molar-refractivity contribution < 1.29 is 0 Å². The summed E-state index contributed by atoms with van der Waals surface area (Å²) in [7, 11) is 0. The van der Waals surface area contributed by atoms with Crippen LogP contribution < -0.4 is 11.5 Å². The second-order valence-corrected chi connectivity index (χ2v) is 5.52. The monoisotopic (exact) mass is 234 g/mol. The second-order valence-electron chi connectivity index (χ2n) is 5.52. The van der Waals surface area contributed by atoms with Gasteiger partial charge in [-0.2, -0.15) is 0 Å². The molecule has 1 aromatic carbocycles. The number of rotatable bonds is 6. The average molecular weight is 234 g/mol. The fraction of sp³-hybridized carbons (Fsp3) is 0.600. The summed E-state index contributed by atoms with van der Waals surface area (Å²) in [6.45, 7) is 7.33. The summed E-state index contributed by atoms with van der Waals surface area (Å²) in [5.41, 5.74) is 14.4. The molecule has 0 saturated heterocycles. The summed E-state index contributed by atoms with van der Waals surface area (Å²) >= 11 is 0. The summed E-state index contributed by atoms with van der Waals surface area (Å²) in [5, 5.41) is 0. The zero-order valence-electron chi connectivity index (χ0n) is 11.3. The van der Waals surface area contributed by atoms with Crippen LogP contribution in [0, 0.1) is 11.8 Å². The molecule has 0 aliphatic heterocycles. The van der Waals surface area contributed by atoms with Gasteiger partial charge in [-0.25, -0.2) is 0 Å². The van der Waals surface area contributed by atoms with Gasteiger partial charge in [-0.1, -0.05) is 45.0 Å². The van der Waals surface area contributed by atoms with Crippen LogP contribution in [0.25, 0.3) is 0 Å². The summed E-state index contributed by atoms with van der Waals surface area (Å²) in [6.07, 6.45) is 2.09. The van der Waals surface area contributed by atoms with E-state index in [-0.39, 0.29) is 6.04 Å². The molecule has 0 amide bonds. The molecule has 2 heteroatoms. The van der Waals surface area contributed by atoms with Crippen LogP contribution in [0.3, 0.4) is 0 Å². The van der Waals surface area contributed by atoms with Gasteiger partial charge in [0.2, 0.25) is 0 Å². The molecule has 0 aliphatic carbocycles. The summed E-state index contributed by atoms with van der Waals surface area (Å²) < 4.78 is 0. The van der Waals surface area contributed by atoms with Gasteiger partial charge in [-0.3, -0.25) is 0 Å². The highest BCUT2D eigenvalue weighted by atomic mass is 14.6. The van der Waals surface area contributed by atoms with Crippen molar-refractivity contribution in [3.63, 3.8) is 0 Å². The van der Waals surface area contributed by atoms with Crippen molar-refractivity contribution in [2.75, 3.05) is 6.54 Å². The van der Waals surface area contributed by atoms with Crippen molar-refractivity contribution in [1.82, 2.24) is 0 Å². The van der Waals surface area contributed by atoms with Gasteiger partial charge in [-0.05, 0) is 42.3 Å². The van der Waals surface area contributed by atoms with Gasteiger partial charge in [-0.15, -0.1) is 0 Å². The zero-order valence-corrected chi connectivity index (χ0v) is 11.3. The first-order valence-corrected chi connectivity index (χ1v) is 6.57. The lowest BCUT2D eigenvalue weighted by molar-refractivity contribution is 0.482. The van der Waals surface area contributed by atoms with E-state index in [0.717, 1.165) is 12.8 Å². The molecule has 0 spiro atoms. The Hall–Kier alpha value is -0.860. The topological polar surface area (TPSA) is 52.0 Å². The van der Waals surface area contributed by atoms with E-state index in [1.54, 1.807) is 0 Å². The van der Waals surface area contributed by atoms with Gasteiger partial charge in [0.15, 0.2) is 0 Å². The van der Waals surface area contributed by atoms with Gasteiger partial charge >= 0.3 is 0 Å². The molecule has 96 valence electrons. The molecule has 0 bridgehead atoms. The van der Waals surface area contributed by atoms with E-state index in [9.17, 15) is 0 Å². The molecular weight excluding hydrogens is 208 g/mol. The number of hydrogen-bond acceptors (Lipinski definition) is 2. The van der Waals surface area contributed by atoms with E-state index in [0.29, 0.717) is 18.4 Å². The fourth-order valence-corrected chi connectivity index (χ4v) is 2.04. The first-order valence-electron chi connectivity index (χ1n) is 6.57. The maximum absolute atomic E-state index is 6.17. The highest BCUT2D eigenvalue weighted by Crippen LogP contribution is 2.19. The minimum Gasteiger partial charge on any atom is -0.330 e. The van der Waals surface area contributed by atoms with Gasteiger partial charge in [0.1, 0.15) is 0 Å². The van der Waals surface area contributed by atoms with Gasteiger partial charge in [0.05, 0.1) is 0 Å². The van der Waals surface area contributed by atoms with Crippen LogP contribution in [0.5, 0.6) is 0 Å². The largest absolute Gasteiger partial charge is 0.330 e. The standard InChI is InChI=1S/C15H26N2/c1-11(2)8-13-4-6-14(7-5-13)15(17)9-12(3)10-16/h4-7,11-12,15H,8-10,16-17H2,1-3H3. The molecule has 17 heavy (non-hydrogen) atoms. The molecule has 0 radical (unpaired) electrons. The fourth-order valence-electron chi connectivity index (χ4n) is 2.04. The molecule has 4 N–H and O–H groups in total. The average Bonchev–Trinajstić information content (AvgIpc) is 2.28. The molecule has 2 atom stereocenters. The Labute approximate surface area is 105 Å². The Balaban J connectivity index is 2.60. The van der Waals surface area contributed by atoms with Crippen molar-refractivity contribution in [2.24, 2.45) is 23.3 Å². The quantitative estimate of drug-likeness (QED) is 0.795. The van der Waals surface area contributed by atoms with Crippen LogP contribution in [0.2, 0.25) is 0 Å². The molecule has 1 rings (SSSR count). The molecule has 0 saturated carbocycles. The van der Waals surface area contributed by atoms with Crippen LogP contribution >= 0.6 is 0 Å². The van der Waals surface area contributed by atoms with Crippen LogP contribution in [0.4, 0.5) is 0 Å². The van der Waals surface area contributed by atoms with Gasteiger partial charge < -0.3 is 11.5 Å². The van der Waals surface area contributed by atoms with Gasteiger partial charge in [0, 0.05) is 6.04 Å². The molecule has 0 aromatic heterocycles. The summed E-state index contributed by atoms with van der Waals surface area (Å²) in [5.74, 6) is 1.19. The van der Waals surface area contributed by atoms with E-state index >= 15 is 0 Å². The van der Waals surface area contributed by atoms with Crippen LogP contribution in [0.1, 0.15) is 44.4 Å². The Morgan fingerprint density at radius 1 is 1.06 bits per heavy atom. The van der Waals surface area contributed by atoms with Gasteiger partial charge in [0.25, 0.3) is 0 Å². The number of nitrogens with two attached hydrogens (primary N) is 2. The lowest BCUT2D eigenvalue weighted by Gasteiger charge is -2.16. The molecule has 1 aromatic rings. The van der Waals surface area contributed by atoms with Crippen molar-refractivity contribution in [2.45, 2.75) is 39.7 Å². The Morgan fingerprint density at radius 3 is 2.12 bits per heavy atom. The Kier molecular flexibility index (Phi) is 5.66. The minimum absolute atomic E-state index is 0.113. The molecule has 2 unspecified atom stereocenters. The van der Waals surface area contributed by atoms with Crippen LogP contribution in [-0.2, 0) is 6.42 Å². The van der Waals surface area contributed by atoms with E-state index in [2.05, 4.69) is 45.0 Å². The van der Waals surface area contributed by atoms with Crippen molar-refractivity contribution in [1.29, 1.82) is 0 Å². The predicted octanol–water partition coefficient (Wildman–Crippen LogP) is 2.87. The lowest BCUT2D eigenvalue weighted by Crippen LogP contribution is -2.19. The van der Waals surface area contributed by atoms with E-state index < -0.39 is 0 Å². The van der Waals surface area contributed by atoms with Crippen molar-refractivity contribution >= 4 is 0 Å². The Morgan fingerprint density at radius 2 is 1.65 bits per heavy atom. The summed E-state index contributed by atoms with van der Waals surface area (Å²) in [6, 6.07) is 8.82. The zero-order chi connectivity index (χ0) is 12.8. The lowest BCUT2D eigenvalue weighted by atomic mass is 9.95. The third-order valence-corrected chi connectivity index (χ3v) is 3.11. The molecule has 0 fully saturated rings. The van der Waals surface area contributed by atoms with Crippen molar-refractivity contribution in [3.05, 3.63) is 35.4 Å². The SMILES string of the molecule is CC(C)Cc1ccc(C(N)CC(C)CN)cc1. The molecule has 0 aliphatic rings. The predicted molar refractivity (Wildman–Crippen MR) is 74.7 cm³/mol. The molecular formula is C15H26N2. The highest BCUT2D eigenvalue weighted by molar-refractivity contribution is 5.25. The van der Waals surface area contributed by atoms with Crippen LogP contribution in [0.15, 0.2) is 24.3 Å². The van der Waals surface area contributed by atoms with E-state index in [1.807, 2.05) is 0 Å². The smallest absolute Gasteiger partial charge is 0.0297 e. The highest BCUT2D eigenvalue weighted by Gasteiger charge is 2.10. The first-order chi connectivity index (χ1) is 8.02. The van der Waals surface area contributed by atoms with Crippen LogP contribution in [-0.4, -0.2) is 6.54 Å². The third kappa shape index (κ3) is 4.88.